The highest BCUT2D eigenvalue weighted by Gasteiger charge is 2.24. The third-order valence-electron chi connectivity index (χ3n) is 6.63. The molecule has 2 heterocycles. The Labute approximate surface area is 213 Å². The molecular weight excluding hydrogens is 480 g/mol. The van der Waals surface area contributed by atoms with Gasteiger partial charge in [-0.25, -0.2) is 8.42 Å². The zero-order chi connectivity index (χ0) is 25.7. The minimum Gasteiger partial charge on any atom is -0.378 e. The standard InChI is InChI=1S/C26H34N4O5S/c1-20(21-5-9-23(10-6-21)28-13-3-4-14-28)27-25(31)19-30(36(2,33)34)24-11-7-22(8-12-24)26(32)29-15-17-35-18-16-29/h5-12,20H,3-4,13-19H2,1-2H3,(H,27,31). The predicted octanol–water partition coefficient (Wildman–Crippen LogP) is 2.40. The number of anilines is 2. The van der Waals surface area contributed by atoms with Gasteiger partial charge >= 0.3 is 0 Å². The highest BCUT2D eigenvalue weighted by atomic mass is 32.2. The van der Waals surface area contributed by atoms with Crippen LogP contribution in [0.3, 0.4) is 0 Å². The van der Waals surface area contributed by atoms with Crippen molar-refractivity contribution >= 4 is 33.2 Å². The van der Waals surface area contributed by atoms with Gasteiger partial charge < -0.3 is 19.9 Å². The summed E-state index contributed by atoms with van der Waals surface area (Å²) in [4.78, 5) is 29.5. The third kappa shape index (κ3) is 6.36. The molecule has 1 atom stereocenters. The van der Waals surface area contributed by atoms with Crippen LogP contribution in [0, 0.1) is 0 Å². The number of hydrogen-bond donors (Lipinski definition) is 1. The summed E-state index contributed by atoms with van der Waals surface area (Å²) in [6.07, 6.45) is 3.48. The fraction of sp³-hybridized carbons (Fsp3) is 0.462. The van der Waals surface area contributed by atoms with Crippen molar-refractivity contribution in [2.75, 3.05) is 61.4 Å². The van der Waals surface area contributed by atoms with Crippen LogP contribution in [-0.2, 0) is 19.6 Å². The van der Waals surface area contributed by atoms with Gasteiger partial charge in [0.15, 0.2) is 0 Å². The van der Waals surface area contributed by atoms with Crippen molar-refractivity contribution in [3.05, 3.63) is 59.7 Å². The van der Waals surface area contributed by atoms with Crippen LogP contribution in [0.2, 0.25) is 0 Å². The number of nitrogens with zero attached hydrogens (tertiary/aromatic N) is 3. The second-order valence-corrected chi connectivity index (χ2v) is 11.2. The van der Waals surface area contributed by atoms with E-state index in [4.69, 9.17) is 4.74 Å². The fourth-order valence-electron chi connectivity index (χ4n) is 4.57. The van der Waals surface area contributed by atoms with Gasteiger partial charge in [0.05, 0.1) is 31.2 Å². The van der Waals surface area contributed by atoms with E-state index in [1.807, 2.05) is 19.1 Å². The summed E-state index contributed by atoms with van der Waals surface area (Å²) in [6, 6.07) is 14.1. The highest BCUT2D eigenvalue weighted by Crippen LogP contribution is 2.23. The normalized spacial score (nSPS) is 17.1. The van der Waals surface area contributed by atoms with Gasteiger partial charge in [-0.2, -0.15) is 0 Å². The van der Waals surface area contributed by atoms with E-state index in [-0.39, 0.29) is 18.5 Å². The summed E-state index contributed by atoms with van der Waals surface area (Å²) < 4.78 is 31.3. The first-order chi connectivity index (χ1) is 17.2. The lowest BCUT2D eigenvalue weighted by Crippen LogP contribution is -2.41. The Morgan fingerprint density at radius 1 is 0.972 bits per heavy atom. The number of rotatable bonds is 8. The highest BCUT2D eigenvalue weighted by molar-refractivity contribution is 7.92. The maximum absolute atomic E-state index is 12.8. The lowest BCUT2D eigenvalue weighted by Gasteiger charge is -2.27. The molecule has 9 nitrogen and oxygen atoms in total. The van der Waals surface area contributed by atoms with Crippen LogP contribution >= 0.6 is 0 Å². The van der Waals surface area contributed by atoms with Crippen molar-refractivity contribution in [3.8, 4) is 0 Å². The first kappa shape index (κ1) is 26.0. The molecule has 2 aromatic carbocycles. The van der Waals surface area contributed by atoms with E-state index in [0.717, 1.165) is 29.2 Å². The first-order valence-electron chi connectivity index (χ1n) is 12.3. The molecule has 36 heavy (non-hydrogen) atoms. The minimum atomic E-state index is -3.73. The van der Waals surface area contributed by atoms with Crippen molar-refractivity contribution in [3.63, 3.8) is 0 Å². The Bertz CT molecular complexity index is 1160. The molecule has 0 aliphatic carbocycles. The largest absolute Gasteiger partial charge is 0.378 e. The minimum absolute atomic E-state index is 0.127. The lowest BCUT2D eigenvalue weighted by atomic mass is 10.1. The summed E-state index contributed by atoms with van der Waals surface area (Å²) in [5.41, 5.74) is 2.91. The topological polar surface area (TPSA) is 99.3 Å². The van der Waals surface area contributed by atoms with Crippen LogP contribution in [-0.4, -0.2) is 77.3 Å². The van der Waals surface area contributed by atoms with Gasteiger partial charge in [0.2, 0.25) is 15.9 Å². The van der Waals surface area contributed by atoms with Crippen molar-refractivity contribution < 1.29 is 22.7 Å². The summed E-state index contributed by atoms with van der Waals surface area (Å²) in [5, 5.41) is 2.90. The number of carbonyl (C=O) groups is 2. The zero-order valence-corrected chi connectivity index (χ0v) is 21.7. The second kappa shape index (κ2) is 11.3. The molecule has 2 aliphatic rings. The van der Waals surface area contributed by atoms with E-state index in [1.165, 1.54) is 18.5 Å². The molecule has 2 aromatic rings. The number of carbonyl (C=O) groups excluding carboxylic acids is 2. The molecule has 2 fully saturated rings. The van der Waals surface area contributed by atoms with E-state index in [0.29, 0.717) is 37.6 Å². The predicted molar refractivity (Wildman–Crippen MR) is 140 cm³/mol. The van der Waals surface area contributed by atoms with Gasteiger partial charge in [0.1, 0.15) is 6.54 Å². The molecule has 0 bridgehead atoms. The molecule has 1 N–H and O–H groups in total. The molecule has 2 amide bonds. The molecule has 4 rings (SSSR count). The quantitative estimate of drug-likeness (QED) is 0.581. The summed E-state index contributed by atoms with van der Waals surface area (Å²) >= 11 is 0. The smallest absolute Gasteiger partial charge is 0.254 e. The van der Waals surface area contributed by atoms with Crippen LogP contribution in [0.5, 0.6) is 0 Å². The average molecular weight is 515 g/mol. The Morgan fingerprint density at radius 3 is 2.17 bits per heavy atom. The number of ether oxygens (including phenoxy) is 1. The van der Waals surface area contributed by atoms with Gasteiger partial charge in [-0.1, -0.05) is 12.1 Å². The molecule has 0 radical (unpaired) electrons. The molecule has 194 valence electrons. The van der Waals surface area contributed by atoms with E-state index in [9.17, 15) is 18.0 Å². The Hall–Kier alpha value is -3.11. The Morgan fingerprint density at radius 2 is 1.58 bits per heavy atom. The van der Waals surface area contributed by atoms with E-state index >= 15 is 0 Å². The van der Waals surface area contributed by atoms with Crippen LogP contribution in [0.1, 0.15) is 41.7 Å². The maximum Gasteiger partial charge on any atom is 0.254 e. The summed E-state index contributed by atoms with van der Waals surface area (Å²) in [7, 11) is -3.73. The Kier molecular flexibility index (Phi) is 8.15. The van der Waals surface area contributed by atoms with Crippen molar-refractivity contribution in [1.82, 2.24) is 10.2 Å². The molecule has 0 spiro atoms. The monoisotopic (exact) mass is 514 g/mol. The number of hydrogen-bond acceptors (Lipinski definition) is 6. The molecule has 1 unspecified atom stereocenters. The number of benzene rings is 2. The van der Waals surface area contributed by atoms with Gasteiger partial charge in [0, 0.05) is 37.4 Å². The van der Waals surface area contributed by atoms with Gasteiger partial charge in [-0.15, -0.1) is 0 Å². The SMILES string of the molecule is CC(NC(=O)CN(c1ccc(C(=O)N2CCOCC2)cc1)S(C)(=O)=O)c1ccc(N2CCCC2)cc1. The van der Waals surface area contributed by atoms with Crippen molar-refractivity contribution in [2.45, 2.75) is 25.8 Å². The van der Waals surface area contributed by atoms with E-state index in [2.05, 4.69) is 22.3 Å². The van der Waals surface area contributed by atoms with Gasteiger partial charge in [-0.3, -0.25) is 13.9 Å². The van der Waals surface area contributed by atoms with Gasteiger partial charge in [0.25, 0.3) is 5.91 Å². The Balaban J connectivity index is 1.39. The van der Waals surface area contributed by atoms with Crippen molar-refractivity contribution in [2.24, 2.45) is 0 Å². The number of nitrogens with one attached hydrogen (secondary N) is 1. The fourth-order valence-corrected chi connectivity index (χ4v) is 5.43. The second-order valence-electron chi connectivity index (χ2n) is 9.30. The summed E-state index contributed by atoms with van der Waals surface area (Å²) in [6.45, 7) is 5.70. The molecule has 2 saturated heterocycles. The number of sulfonamides is 1. The van der Waals surface area contributed by atoms with Crippen molar-refractivity contribution in [1.29, 1.82) is 0 Å². The lowest BCUT2D eigenvalue weighted by molar-refractivity contribution is -0.120. The molecule has 0 saturated carbocycles. The molecular formula is C26H34N4O5S. The first-order valence-corrected chi connectivity index (χ1v) is 14.2. The summed E-state index contributed by atoms with van der Waals surface area (Å²) in [5.74, 6) is -0.539. The van der Waals surface area contributed by atoms with Crippen LogP contribution in [0.15, 0.2) is 48.5 Å². The van der Waals surface area contributed by atoms with Gasteiger partial charge in [-0.05, 0) is 61.7 Å². The maximum atomic E-state index is 12.8. The number of morpholine rings is 1. The number of amides is 2. The third-order valence-corrected chi connectivity index (χ3v) is 7.77. The zero-order valence-electron chi connectivity index (χ0n) is 20.9. The average Bonchev–Trinajstić information content (AvgIpc) is 3.42. The van der Waals surface area contributed by atoms with Crippen LogP contribution in [0.4, 0.5) is 11.4 Å². The van der Waals surface area contributed by atoms with Crippen LogP contribution < -0.4 is 14.5 Å². The molecule has 2 aliphatic heterocycles. The molecule has 0 aromatic heterocycles. The van der Waals surface area contributed by atoms with E-state index < -0.39 is 15.9 Å². The van der Waals surface area contributed by atoms with E-state index in [1.54, 1.807) is 29.2 Å². The molecule has 10 heteroatoms. The van der Waals surface area contributed by atoms with Crippen LogP contribution in [0.25, 0.3) is 0 Å².